The van der Waals surface area contributed by atoms with Crippen molar-refractivity contribution in [2.75, 3.05) is 0 Å². The van der Waals surface area contributed by atoms with Crippen LogP contribution in [0, 0.1) is 15.9 Å². The number of nitrogens with zero attached hydrogens (tertiary/aromatic N) is 1. The van der Waals surface area contributed by atoms with Crippen molar-refractivity contribution in [1.29, 1.82) is 0 Å². The average molecular weight is 312 g/mol. The fourth-order valence-corrected chi connectivity index (χ4v) is 1.83. The van der Waals surface area contributed by atoms with Gasteiger partial charge >= 0.3 is 11.7 Å². The van der Waals surface area contributed by atoms with Crippen molar-refractivity contribution in [2.24, 2.45) is 0 Å². The van der Waals surface area contributed by atoms with Crippen LogP contribution >= 0.6 is 11.6 Å². The lowest BCUT2D eigenvalue weighted by molar-refractivity contribution is -0.385. The number of nitro benzene ring substituents is 1. The lowest BCUT2D eigenvalue weighted by atomic mass is 10.2. The third-order valence-electron chi connectivity index (χ3n) is 2.52. The highest BCUT2D eigenvalue weighted by atomic mass is 35.5. The minimum absolute atomic E-state index is 0.0544. The first-order valence-electron chi connectivity index (χ1n) is 5.53. The summed E-state index contributed by atoms with van der Waals surface area (Å²) in [6.45, 7) is 0. The molecule has 0 aromatic heterocycles. The first kappa shape index (κ1) is 14.7. The van der Waals surface area contributed by atoms with Crippen molar-refractivity contribution < 1.29 is 24.0 Å². The van der Waals surface area contributed by atoms with Crippen molar-refractivity contribution in [3.63, 3.8) is 0 Å². The van der Waals surface area contributed by atoms with Crippen LogP contribution < -0.4 is 4.74 Å². The number of halogens is 2. The van der Waals surface area contributed by atoms with Crippen LogP contribution in [-0.2, 0) is 0 Å². The molecule has 6 nitrogen and oxygen atoms in total. The lowest BCUT2D eigenvalue weighted by Crippen LogP contribution is -1.98. The molecule has 0 saturated heterocycles. The molecule has 108 valence electrons. The lowest BCUT2D eigenvalue weighted by Gasteiger charge is -2.07. The summed E-state index contributed by atoms with van der Waals surface area (Å²) >= 11 is 5.76. The van der Waals surface area contributed by atoms with Gasteiger partial charge in [-0.05, 0) is 18.2 Å². The number of hydrogen-bond acceptors (Lipinski definition) is 4. The summed E-state index contributed by atoms with van der Waals surface area (Å²) in [5.74, 6) is -2.18. The third kappa shape index (κ3) is 3.26. The van der Waals surface area contributed by atoms with E-state index in [2.05, 4.69) is 0 Å². The molecule has 0 radical (unpaired) electrons. The Kier molecular flexibility index (Phi) is 4.04. The Labute approximate surface area is 122 Å². The summed E-state index contributed by atoms with van der Waals surface area (Å²) in [4.78, 5) is 20.9. The first-order chi connectivity index (χ1) is 9.88. The van der Waals surface area contributed by atoms with Gasteiger partial charge in [0.2, 0.25) is 5.75 Å². The molecular weight excluding hydrogens is 305 g/mol. The Hall–Kier alpha value is -2.67. The van der Waals surface area contributed by atoms with Gasteiger partial charge in [-0.15, -0.1) is 0 Å². The largest absolute Gasteiger partial charge is 0.478 e. The molecule has 8 heteroatoms. The van der Waals surface area contributed by atoms with Crippen molar-refractivity contribution in [2.45, 2.75) is 0 Å². The smallest absolute Gasteiger partial charge is 0.337 e. The molecule has 0 fully saturated rings. The molecule has 0 amide bonds. The van der Waals surface area contributed by atoms with E-state index in [0.29, 0.717) is 0 Å². The van der Waals surface area contributed by atoms with Gasteiger partial charge in [-0.2, -0.15) is 0 Å². The van der Waals surface area contributed by atoms with Gasteiger partial charge in [0.1, 0.15) is 11.6 Å². The molecule has 21 heavy (non-hydrogen) atoms. The fraction of sp³-hybridized carbons (Fsp3) is 0. The van der Waals surface area contributed by atoms with Gasteiger partial charge in [-0.3, -0.25) is 10.1 Å². The average Bonchev–Trinajstić information content (AvgIpc) is 2.37. The summed E-state index contributed by atoms with van der Waals surface area (Å²) in [5.41, 5.74) is -0.562. The molecule has 2 rings (SSSR count). The van der Waals surface area contributed by atoms with E-state index >= 15 is 0 Å². The Morgan fingerprint density at radius 3 is 2.57 bits per heavy atom. The highest BCUT2D eigenvalue weighted by Gasteiger charge is 2.17. The second-order valence-electron chi connectivity index (χ2n) is 3.92. The zero-order chi connectivity index (χ0) is 15.6. The normalized spacial score (nSPS) is 10.2. The molecule has 0 saturated carbocycles. The predicted molar refractivity (Wildman–Crippen MR) is 71.5 cm³/mol. The van der Waals surface area contributed by atoms with Crippen LogP contribution in [-0.4, -0.2) is 16.0 Å². The van der Waals surface area contributed by atoms with E-state index in [1.165, 1.54) is 18.2 Å². The van der Waals surface area contributed by atoms with Crippen LogP contribution in [0.2, 0.25) is 5.02 Å². The zero-order valence-corrected chi connectivity index (χ0v) is 11.0. The van der Waals surface area contributed by atoms with Gasteiger partial charge < -0.3 is 9.84 Å². The molecule has 2 aromatic carbocycles. The van der Waals surface area contributed by atoms with E-state index in [9.17, 15) is 19.3 Å². The maximum Gasteiger partial charge on any atom is 0.337 e. The molecule has 0 aliphatic carbocycles. The standard InChI is InChI=1S/C13H7ClFNO5/c14-10-6-8(2-3-9(10)13(17)18)21-12-5-7(15)1-4-11(12)16(19)20/h1-6H,(H,17,18). The Morgan fingerprint density at radius 1 is 1.29 bits per heavy atom. The molecule has 0 heterocycles. The minimum atomic E-state index is -1.22. The van der Waals surface area contributed by atoms with E-state index in [4.69, 9.17) is 21.4 Å². The SMILES string of the molecule is O=C(O)c1ccc(Oc2cc(F)ccc2[N+](=O)[O-])cc1Cl. The van der Waals surface area contributed by atoms with Crippen LogP contribution in [0.5, 0.6) is 11.5 Å². The van der Waals surface area contributed by atoms with Gasteiger partial charge in [0.25, 0.3) is 0 Å². The number of carbonyl (C=O) groups is 1. The van der Waals surface area contributed by atoms with Crippen LogP contribution in [0.1, 0.15) is 10.4 Å². The van der Waals surface area contributed by atoms with Crippen LogP contribution in [0.15, 0.2) is 36.4 Å². The van der Waals surface area contributed by atoms with Gasteiger partial charge in [-0.25, -0.2) is 9.18 Å². The molecular formula is C13H7ClFNO5. The van der Waals surface area contributed by atoms with Gasteiger partial charge in [-0.1, -0.05) is 11.6 Å². The summed E-state index contributed by atoms with van der Waals surface area (Å²) < 4.78 is 18.4. The maximum atomic E-state index is 13.2. The van der Waals surface area contributed by atoms with E-state index in [1.807, 2.05) is 0 Å². The number of carboxylic acids is 1. The van der Waals surface area contributed by atoms with Gasteiger partial charge in [0.05, 0.1) is 15.5 Å². The monoisotopic (exact) mass is 311 g/mol. The number of benzene rings is 2. The second-order valence-corrected chi connectivity index (χ2v) is 4.33. The third-order valence-corrected chi connectivity index (χ3v) is 2.83. The Balaban J connectivity index is 2.38. The summed E-state index contributed by atoms with van der Waals surface area (Å²) in [6, 6.07) is 6.40. The number of aromatic carboxylic acids is 1. The molecule has 1 N–H and O–H groups in total. The highest BCUT2D eigenvalue weighted by molar-refractivity contribution is 6.33. The molecule has 0 aliphatic rings. The second kappa shape index (κ2) is 5.76. The predicted octanol–water partition coefficient (Wildman–Crippen LogP) is 3.88. The van der Waals surface area contributed by atoms with E-state index in [-0.39, 0.29) is 22.1 Å². The first-order valence-corrected chi connectivity index (χ1v) is 5.91. The van der Waals surface area contributed by atoms with Crippen molar-refractivity contribution in [1.82, 2.24) is 0 Å². The summed E-state index contributed by atoms with van der Waals surface area (Å²) in [6.07, 6.45) is 0. The molecule has 0 aliphatic heterocycles. The number of ether oxygens (including phenoxy) is 1. The number of hydrogen-bond donors (Lipinski definition) is 1. The van der Waals surface area contributed by atoms with E-state index in [0.717, 1.165) is 18.2 Å². The minimum Gasteiger partial charge on any atom is -0.478 e. The van der Waals surface area contributed by atoms with Crippen LogP contribution in [0.25, 0.3) is 0 Å². The molecule has 0 bridgehead atoms. The highest BCUT2D eigenvalue weighted by Crippen LogP contribution is 2.33. The van der Waals surface area contributed by atoms with Crippen molar-refractivity contribution in [3.05, 3.63) is 62.9 Å². The topological polar surface area (TPSA) is 89.7 Å². The van der Waals surface area contributed by atoms with E-state index < -0.39 is 22.4 Å². The van der Waals surface area contributed by atoms with Crippen molar-refractivity contribution >= 4 is 23.3 Å². The zero-order valence-electron chi connectivity index (χ0n) is 10.2. The number of nitro groups is 1. The molecule has 0 unspecified atom stereocenters. The van der Waals surface area contributed by atoms with Crippen LogP contribution in [0.4, 0.5) is 10.1 Å². The number of rotatable bonds is 4. The van der Waals surface area contributed by atoms with E-state index in [1.54, 1.807) is 0 Å². The fourth-order valence-electron chi connectivity index (χ4n) is 1.58. The number of carboxylic acid groups (broad SMARTS) is 1. The summed E-state index contributed by atoms with van der Waals surface area (Å²) in [7, 11) is 0. The van der Waals surface area contributed by atoms with Crippen LogP contribution in [0.3, 0.4) is 0 Å². The summed E-state index contributed by atoms with van der Waals surface area (Å²) in [5, 5.41) is 19.6. The van der Waals surface area contributed by atoms with Gasteiger partial charge in [0, 0.05) is 18.2 Å². The van der Waals surface area contributed by atoms with Gasteiger partial charge in [0.15, 0.2) is 0 Å². The maximum absolute atomic E-state index is 13.2. The quantitative estimate of drug-likeness (QED) is 0.683. The Morgan fingerprint density at radius 2 is 2.00 bits per heavy atom. The molecule has 0 spiro atoms. The molecule has 0 atom stereocenters. The Bertz CT molecular complexity index is 734. The van der Waals surface area contributed by atoms with Crippen molar-refractivity contribution in [3.8, 4) is 11.5 Å². The molecule has 2 aromatic rings.